The van der Waals surface area contributed by atoms with E-state index < -0.39 is 0 Å². The van der Waals surface area contributed by atoms with Gasteiger partial charge in [0.05, 0.1) is 33.5 Å². The highest BCUT2D eigenvalue weighted by atomic mass is 16.5. The number of aromatic amines is 2. The average Bonchev–Trinajstić information content (AvgIpc) is 3.99. The van der Waals surface area contributed by atoms with Gasteiger partial charge in [0.25, 0.3) is 0 Å². The summed E-state index contributed by atoms with van der Waals surface area (Å²) in [6.45, 7) is 0. The molecule has 0 amide bonds. The van der Waals surface area contributed by atoms with E-state index in [2.05, 4.69) is 34.2 Å². The molecule has 0 spiro atoms. The molecule has 0 aliphatic carbocycles. The van der Waals surface area contributed by atoms with Gasteiger partial charge in [-0.05, 0) is 47.5 Å². The third-order valence-corrected chi connectivity index (χ3v) is 9.26. The zero-order valence-corrected chi connectivity index (χ0v) is 27.0. The summed E-state index contributed by atoms with van der Waals surface area (Å²) in [6, 6.07) is 34.9. The molecule has 0 saturated heterocycles. The molecule has 9 nitrogen and oxygen atoms in total. The van der Waals surface area contributed by atoms with Crippen LogP contribution in [0.25, 0.3) is 90.9 Å². The van der Waals surface area contributed by atoms with Crippen molar-refractivity contribution in [2.24, 2.45) is 0 Å². The van der Waals surface area contributed by atoms with E-state index in [-0.39, 0.29) is 0 Å². The van der Waals surface area contributed by atoms with E-state index in [1.165, 1.54) is 24.8 Å². The van der Waals surface area contributed by atoms with Crippen molar-refractivity contribution in [2.45, 2.75) is 0 Å². The first-order chi connectivity index (χ1) is 25.0. The van der Waals surface area contributed by atoms with Crippen molar-refractivity contribution < 1.29 is 14.2 Å². The maximum absolute atomic E-state index is 14.7. The van der Waals surface area contributed by atoms with E-state index >= 15 is 0 Å². The molecule has 0 fully saturated rings. The molecule has 244 valence electrons. The lowest BCUT2D eigenvalue weighted by Gasteiger charge is -2.08. The number of nitrogens with one attached hydrogen (secondary N) is 2. The van der Waals surface area contributed by atoms with E-state index in [0.717, 1.165) is 49.4 Å². The van der Waals surface area contributed by atoms with Gasteiger partial charge < -0.3 is 25.6 Å². The van der Waals surface area contributed by atoms with Crippen LogP contribution in [0, 0.1) is 15.6 Å². The van der Waals surface area contributed by atoms with Crippen LogP contribution in [-0.4, -0.2) is 15.0 Å². The number of fused-ring (bicyclic) bond motifs is 8. The summed E-state index contributed by atoms with van der Waals surface area (Å²) in [5.41, 5.74) is 11.7. The molecular formula is C42H28N6O3. The Bertz CT molecular complexity index is 2510. The van der Waals surface area contributed by atoms with Gasteiger partial charge in [0.1, 0.15) is 0 Å². The number of rotatable bonds is 4. The van der Waals surface area contributed by atoms with Crippen LogP contribution in [0.1, 0.15) is 22.8 Å². The summed E-state index contributed by atoms with van der Waals surface area (Å²) >= 11 is 0. The van der Waals surface area contributed by atoms with E-state index in [0.29, 0.717) is 54.1 Å². The molecule has 0 atom stereocenters. The minimum atomic E-state index is 0.389. The second kappa shape index (κ2) is 12.0. The molecule has 0 unspecified atom stereocenters. The monoisotopic (exact) mass is 664 g/mol. The second-order valence-electron chi connectivity index (χ2n) is 12.3. The van der Waals surface area contributed by atoms with Crippen molar-refractivity contribution in [3.63, 3.8) is 0 Å². The number of aromatic nitrogens is 6. The van der Waals surface area contributed by atoms with Gasteiger partial charge >= 0.3 is 0 Å². The molecular weight excluding hydrogens is 637 g/mol. The Kier molecular flexibility index (Phi) is 7.03. The predicted molar refractivity (Wildman–Crippen MR) is 200 cm³/mol. The van der Waals surface area contributed by atoms with Gasteiger partial charge in [-0.15, -0.1) is 0 Å². The molecule has 2 N–H and O–H groups in total. The van der Waals surface area contributed by atoms with Crippen LogP contribution in [0.5, 0.6) is 0 Å². The molecule has 9 rings (SSSR count). The Balaban J connectivity index is 1.50. The van der Waals surface area contributed by atoms with Crippen molar-refractivity contribution in [3.8, 4) is 44.5 Å². The minimum Gasteiger partial charge on any atom is -0.619 e. The number of H-pyrrole nitrogens is 2. The molecule has 8 bridgehead atoms. The van der Waals surface area contributed by atoms with E-state index in [9.17, 15) is 15.6 Å². The van der Waals surface area contributed by atoms with Gasteiger partial charge in [-0.2, -0.15) is 14.2 Å². The van der Waals surface area contributed by atoms with Crippen molar-refractivity contribution >= 4 is 46.4 Å². The van der Waals surface area contributed by atoms with Crippen LogP contribution in [0.2, 0.25) is 0 Å². The van der Waals surface area contributed by atoms with Crippen molar-refractivity contribution in [1.29, 1.82) is 0 Å². The number of hydrogen-bond donors (Lipinski definition) is 2. The average molecular weight is 665 g/mol. The van der Waals surface area contributed by atoms with Crippen LogP contribution in [-0.2, 0) is 0 Å². The van der Waals surface area contributed by atoms with Crippen molar-refractivity contribution in [1.82, 2.24) is 15.0 Å². The molecule has 0 radical (unpaired) electrons. The Morgan fingerprint density at radius 2 is 0.745 bits per heavy atom. The van der Waals surface area contributed by atoms with E-state index in [1.807, 2.05) is 72.8 Å². The molecule has 2 aliphatic rings. The van der Waals surface area contributed by atoms with Gasteiger partial charge in [-0.1, -0.05) is 60.7 Å². The summed E-state index contributed by atoms with van der Waals surface area (Å²) in [7, 11) is 0. The summed E-state index contributed by atoms with van der Waals surface area (Å²) in [5.74, 6) is 0. The fourth-order valence-electron chi connectivity index (χ4n) is 6.94. The molecule has 7 heterocycles. The fourth-order valence-corrected chi connectivity index (χ4v) is 6.94. The smallest absolute Gasteiger partial charge is 0.227 e. The van der Waals surface area contributed by atoms with Crippen LogP contribution in [0.15, 0.2) is 134 Å². The van der Waals surface area contributed by atoms with Gasteiger partial charge in [0.2, 0.25) is 11.4 Å². The maximum Gasteiger partial charge on any atom is 0.227 e. The lowest BCUT2D eigenvalue weighted by atomic mass is 10.0. The topological polar surface area (TPSA) is 125 Å². The summed E-state index contributed by atoms with van der Waals surface area (Å²) < 4.78 is 2.35. The SMILES string of the molecule is [O-][n+]1ccc(-c2c3[n+]([O-])c(c(-c4cc[n+]([O-])cc4)c4ccc([nH]4)c(-c4ccccc4)c4nc(c(-c5ccccc5)c5ccc2[nH]5)C=C4)C=C3)cc1. The minimum absolute atomic E-state index is 0.389. The highest BCUT2D eigenvalue weighted by Gasteiger charge is 2.25. The highest BCUT2D eigenvalue weighted by molar-refractivity contribution is 5.98. The molecule has 5 aromatic heterocycles. The van der Waals surface area contributed by atoms with Crippen LogP contribution in [0.4, 0.5) is 0 Å². The van der Waals surface area contributed by atoms with E-state index in [1.54, 1.807) is 36.4 Å². The first-order valence-electron chi connectivity index (χ1n) is 16.4. The summed E-state index contributed by atoms with van der Waals surface area (Å²) in [5, 5.41) is 38.9. The first kappa shape index (κ1) is 29.8. The molecule has 0 saturated carbocycles. The summed E-state index contributed by atoms with van der Waals surface area (Å²) in [4.78, 5) is 12.5. The van der Waals surface area contributed by atoms with Crippen molar-refractivity contribution in [2.75, 3.05) is 0 Å². The number of pyridine rings is 2. The molecule has 51 heavy (non-hydrogen) atoms. The second-order valence-corrected chi connectivity index (χ2v) is 12.3. The van der Waals surface area contributed by atoms with E-state index in [4.69, 9.17) is 4.98 Å². The largest absolute Gasteiger partial charge is 0.619 e. The Hall–Kier alpha value is -7.26. The Morgan fingerprint density at radius 1 is 0.392 bits per heavy atom. The lowest BCUT2D eigenvalue weighted by molar-refractivity contribution is -0.605. The molecule has 7 aromatic rings. The quantitative estimate of drug-likeness (QED) is 0.147. The van der Waals surface area contributed by atoms with Gasteiger partial charge in [-0.25, -0.2) is 4.98 Å². The van der Waals surface area contributed by atoms with Crippen LogP contribution in [0.3, 0.4) is 0 Å². The zero-order chi connectivity index (χ0) is 34.5. The maximum atomic E-state index is 14.7. The fraction of sp³-hybridized carbons (Fsp3) is 0. The zero-order valence-electron chi connectivity index (χ0n) is 27.0. The molecule has 9 heteroatoms. The first-order valence-corrected chi connectivity index (χ1v) is 16.4. The lowest BCUT2D eigenvalue weighted by Crippen LogP contribution is -2.31. The number of benzene rings is 2. The Morgan fingerprint density at radius 3 is 1.14 bits per heavy atom. The third kappa shape index (κ3) is 5.21. The number of nitrogens with zero attached hydrogens (tertiary/aromatic N) is 4. The highest BCUT2D eigenvalue weighted by Crippen LogP contribution is 2.37. The standard InChI is InChI=1S/C42H28N6O3/c49-46-23-19-29(20-24-46)41-35-15-13-33(44-35)39(27-7-3-1-4-8-27)31-11-12-32(43-31)40(28-9-5-2-6-10-28)34-14-16-36(45-34)42(30-21-25-47(50)26-22-30)38-18-17-37(41)48(38)51/h1-26,44-45H. The normalized spacial score (nSPS) is 12.0. The Labute approximate surface area is 291 Å². The van der Waals surface area contributed by atoms with Crippen molar-refractivity contribution in [3.05, 3.63) is 172 Å². The van der Waals surface area contributed by atoms with Gasteiger partial charge in [-0.3, -0.25) is 0 Å². The number of hydrogen-bond acceptors (Lipinski definition) is 4. The molecule has 2 aromatic carbocycles. The third-order valence-electron chi connectivity index (χ3n) is 9.26. The summed E-state index contributed by atoms with van der Waals surface area (Å²) in [6.07, 6.45) is 13.3. The molecule has 2 aliphatic heterocycles. The van der Waals surface area contributed by atoms with Crippen LogP contribution < -0.4 is 14.2 Å². The van der Waals surface area contributed by atoms with Crippen LogP contribution >= 0.6 is 0 Å². The predicted octanol–water partition coefficient (Wildman–Crippen LogP) is 7.83. The van der Waals surface area contributed by atoms with Gasteiger partial charge in [0, 0.05) is 69.7 Å². The van der Waals surface area contributed by atoms with Gasteiger partial charge in [0.15, 0.2) is 24.8 Å².